The molecule has 0 aliphatic heterocycles. The second-order valence-electron chi connectivity index (χ2n) is 6.77. The van der Waals surface area contributed by atoms with Gasteiger partial charge < -0.3 is 5.32 Å². The van der Waals surface area contributed by atoms with E-state index < -0.39 is 0 Å². The van der Waals surface area contributed by atoms with E-state index in [1.165, 1.54) is 51.5 Å². The van der Waals surface area contributed by atoms with Crippen molar-refractivity contribution < 1.29 is 0 Å². The second kappa shape index (κ2) is 6.64. The molecule has 0 aromatic carbocycles. The Morgan fingerprint density at radius 3 is 2.19 bits per heavy atom. The third kappa shape index (κ3) is 5.89. The third-order valence-electron chi connectivity index (χ3n) is 3.85. The minimum atomic E-state index is 0.479. The van der Waals surface area contributed by atoms with Gasteiger partial charge in [-0.25, -0.2) is 0 Å². The standard InChI is InChI=1S/C15H31N/c1-5-6-13-7-9-14(10-8-13)16-12-11-15(2,3)4/h13-14,16H,5-12H2,1-4H3. The molecule has 1 aliphatic rings. The lowest BCUT2D eigenvalue weighted by atomic mass is 9.83. The summed E-state index contributed by atoms with van der Waals surface area (Å²) < 4.78 is 0. The van der Waals surface area contributed by atoms with E-state index in [1.807, 2.05) is 0 Å². The zero-order valence-electron chi connectivity index (χ0n) is 11.8. The summed E-state index contributed by atoms with van der Waals surface area (Å²) in [5.74, 6) is 1.03. The van der Waals surface area contributed by atoms with Gasteiger partial charge in [0.2, 0.25) is 0 Å². The van der Waals surface area contributed by atoms with Crippen LogP contribution in [0.15, 0.2) is 0 Å². The summed E-state index contributed by atoms with van der Waals surface area (Å²) in [4.78, 5) is 0. The fraction of sp³-hybridized carbons (Fsp3) is 1.00. The van der Waals surface area contributed by atoms with Gasteiger partial charge in [-0.2, -0.15) is 0 Å². The maximum atomic E-state index is 3.74. The molecule has 1 nitrogen and oxygen atoms in total. The van der Waals surface area contributed by atoms with E-state index >= 15 is 0 Å². The van der Waals surface area contributed by atoms with E-state index in [-0.39, 0.29) is 0 Å². The number of hydrogen-bond donors (Lipinski definition) is 1. The van der Waals surface area contributed by atoms with Crippen LogP contribution < -0.4 is 5.32 Å². The minimum absolute atomic E-state index is 0.479. The van der Waals surface area contributed by atoms with Crippen LogP contribution in [0.1, 0.15) is 72.6 Å². The molecule has 0 amide bonds. The predicted molar refractivity (Wildman–Crippen MR) is 72.7 cm³/mol. The predicted octanol–water partition coefficient (Wildman–Crippen LogP) is 4.37. The molecular formula is C15H31N. The maximum absolute atomic E-state index is 3.74. The van der Waals surface area contributed by atoms with Gasteiger partial charge in [-0.05, 0) is 50.0 Å². The van der Waals surface area contributed by atoms with Crippen molar-refractivity contribution in [3.8, 4) is 0 Å². The first-order valence-electron chi connectivity index (χ1n) is 7.24. The van der Waals surface area contributed by atoms with E-state index in [1.54, 1.807) is 0 Å². The Hall–Kier alpha value is -0.0400. The first-order valence-corrected chi connectivity index (χ1v) is 7.24. The molecule has 0 heterocycles. The van der Waals surface area contributed by atoms with E-state index in [4.69, 9.17) is 0 Å². The van der Waals surface area contributed by atoms with Crippen molar-refractivity contribution in [3.05, 3.63) is 0 Å². The van der Waals surface area contributed by atoms with Gasteiger partial charge >= 0.3 is 0 Å². The van der Waals surface area contributed by atoms with Crippen molar-refractivity contribution in [1.82, 2.24) is 5.32 Å². The van der Waals surface area contributed by atoms with Gasteiger partial charge in [-0.3, -0.25) is 0 Å². The molecule has 0 atom stereocenters. The van der Waals surface area contributed by atoms with Gasteiger partial charge in [0, 0.05) is 6.04 Å². The number of rotatable bonds is 5. The summed E-state index contributed by atoms with van der Waals surface area (Å²) in [5, 5.41) is 3.74. The van der Waals surface area contributed by atoms with Crippen LogP contribution >= 0.6 is 0 Å². The normalized spacial score (nSPS) is 27.0. The molecule has 0 unspecified atom stereocenters. The topological polar surface area (TPSA) is 12.0 Å². The Morgan fingerprint density at radius 2 is 1.69 bits per heavy atom. The quantitative estimate of drug-likeness (QED) is 0.732. The van der Waals surface area contributed by atoms with Crippen molar-refractivity contribution in [1.29, 1.82) is 0 Å². The average Bonchev–Trinajstić information content (AvgIpc) is 2.19. The Balaban J connectivity index is 2.08. The Kier molecular flexibility index (Phi) is 5.82. The minimum Gasteiger partial charge on any atom is -0.314 e. The number of nitrogens with one attached hydrogen (secondary N) is 1. The molecule has 0 spiro atoms. The van der Waals surface area contributed by atoms with E-state index in [2.05, 4.69) is 33.0 Å². The van der Waals surface area contributed by atoms with Gasteiger partial charge in [-0.15, -0.1) is 0 Å². The molecule has 16 heavy (non-hydrogen) atoms. The van der Waals surface area contributed by atoms with Crippen molar-refractivity contribution >= 4 is 0 Å². The van der Waals surface area contributed by atoms with Crippen molar-refractivity contribution in [2.45, 2.75) is 78.7 Å². The zero-order valence-corrected chi connectivity index (χ0v) is 11.8. The lowest BCUT2D eigenvalue weighted by Gasteiger charge is -2.30. The first-order chi connectivity index (χ1) is 7.51. The smallest absolute Gasteiger partial charge is 0.00672 e. The summed E-state index contributed by atoms with van der Waals surface area (Å²) >= 11 is 0. The van der Waals surface area contributed by atoms with Crippen LogP contribution in [0.5, 0.6) is 0 Å². The van der Waals surface area contributed by atoms with Crippen molar-refractivity contribution in [2.75, 3.05) is 6.54 Å². The highest BCUT2D eigenvalue weighted by Crippen LogP contribution is 2.28. The molecule has 0 aromatic rings. The van der Waals surface area contributed by atoms with Gasteiger partial charge in [-0.1, -0.05) is 40.5 Å². The average molecular weight is 225 g/mol. The largest absolute Gasteiger partial charge is 0.314 e. The first kappa shape index (κ1) is 14.0. The molecule has 96 valence electrons. The summed E-state index contributed by atoms with van der Waals surface area (Å²) in [7, 11) is 0. The molecule has 1 aliphatic carbocycles. The summed E-state index contributed by atoms with van der Waals surface area (Å²) in [6.07, 6.45) is 9.86. The van der Waals surface area contributed by atoms with Gasteiger partial charge in [0.15, 0.2) is 0 Å². The van der Waals surface area contributed by atoms with Crippen molar-refractivity contribution in [2.24, 2.45) is 11.3 Å². The van der Waals surface area contributed by atoms with Crippen LogP contribution in [0.25, 0.3) is 0 Å². The molecule has 1 saturated carbocycles. The van der Waals surface area contributed by atoms with Crippen molar-refractivity contribution in [3.63, 3.8) is 0 Å². The van der Waals surface area contributed by atoms with Crippen LogP contribution in [0.4, 0.5) is 0 Å². The van der Waals surface area contributed by atoms with Gasteiger partial charge in [0.1, 0.15) is 0 Å². The van der Waals surface area contributed by atoms with Crippen LogP contribution in [0, 0.1) is 11.3 Å². The van der Waals surface area contributed by atoms with Gasteiger partial charge in [0.05, 0.1) is 0 Å². The summed E-state index contributed by atoms with van der Waals surface area (Å²) in [6.45, 7) is 10.5. The van der Waals surface area contributed by atoms with Crippen LogP contribution in [0.3, 0.4) is 0 Å². The highest BCUT2D eigenvalue weighted by molar-refractivity contribution is 4.77. The highest BCUT2D eigenvalue weighted by atomic mass is 14.9. The highest BCUT2D eigenvalue weighted by Gasteiger charge is 2.20. The molecule has 1 fully saturated rings. The molecule has 1 heteroatoms. The van der Waals surface area contributed by atoms with E-state index in [9.17, 15) is 0 Å². The number of hydrogen-bond acceptors (Lipinski definition) is 1. The van der Waals surface area contributed by atoms with E-state index in [0.717, 1.165) is 12.0 Å². The Bertz CT molecular complexity index is 172. The van der Waals surface area contributed by atoms with Crippen LogP contribution in [-0.4, -0.2) is 12.6 Å². The third-order valence-corrected chi connectivity index (χ3v) is 3.85. The maximum Gasteiger partial charge on any atom is 0.00672 e. The molecule has 0 saturated heterocycles. The fourth-order valence-electron chi connectivity index (χ4n) is 2.71. The molecule has 0 radical (unpaired) electrons. The molecule has 1 N–H and O–H groups in total. The lowest BCUT2D eigenvalue weighted by molar-refractivity contribution is 0.267. The summed E-state index contributed by atoms with van der Waals surface area (Å²) in [5.41, 5.74) is 0.479. The van der Waals surface area contributed by atoms with Crippen LogP contribution in [-0.2, 0) is 0 Å². The van der Waals surface area contributed by atoms with Crippen LogP contribution in [0.2, 0.25) is 0 Å². The molecule has 0 bridgehead atoms. The molecule has 1 rings (SSSR count). The second-order valence-corrected chi connectivity index (χ2v) is 6.77. The summed E-state index contributed by atoms with van der Waals surface area (Å²) in [6, 6.07) is 0.815. The Labute approximate surface area is 102 Å². The molecular weight excluding hydrogens is 194 g/mol. The van der Waals surface area contributed by atoms with Gasteiger partial charge in [0.25, 0.3) is 0 Å². The Morgan fingerprint density at radius 1 is 1.06 bits per heavy atom. The fourth-order valence-corrected chi connectivity index (χ4v) is 2.71. The van der Waals surface area contributed by atoms with E-state index in [0.29, 0.717) is 5.41 Å². The zero-order chi connectivity index (χ0) is 12.0. The SMILES string of the molecule is CCCC1CCC(NCCC(C)(C)C)CC1. The molecule has 0 aromatic heterocycles. The monoisotopic (exact) mass is 225 g/mol. The lowest BCUT2D eigenvalue weighted by Crippen LogP contribution is -2.35.